The predicted molar refractivity (Wildman–Crippen MR) is 92.3 cm³/mol. The molecule has 0 aliphatic carbocycles. The third kappa shape index (κ3) is 4.77. The van der Waals surface area contributed by atoms with Gasteiger partial charge in [0.25, 0.3) is 0 Å². The summed E-state index contributed by atoms with van der Waals surface area (Å²) in [4.78, 5) is 12.2. The average Bonchev–Trinajstić information content (AvgIpc) is 2.89. The van der Waals surface area contributed by atoms with E-state index < -0.39 is 17.8 Å². The molecule has 1 unspecified atom stereocenters. The van der Waals surface area contributed by atoms with E-state index in [2.05, 4.69) is 15.7 Å². The lowest BCUT2D eigenvalue weighted by atomic mass is 9.95. The SMILES string of the molecule is Cc1c(CNC(=O)NC(c2ccc(C(F)(F)F)cc2)C(C)C)cnn1C. The highest BCUT2D eigenvalue weighted by Gasteiger charge is 2.30. The number of nitrogens with zero attached hydrogens (tertiary/aromatic N) is 2. The molecule has 0 aliphatic rings. The zero-order valence-electron chi connectivity index (χ0n) is 15.2. The number of amides is 2. The minimum atomic E-state index is -4.38. The standard InChI is InChI=1S/C18H23F3N4O/c1-11(2)16(13-5-7-15(8-6-13)18(19,20)21)24-17(26)22-9-14-10-23-25(4)12(14)3/h5-8,10-11,16H,9H2,1-4H3,(H2,22,24,26). The Balaban J connectivity index is 2.03. The summed E-state index contributed by atoms with van der Waals surface area (Å²) in [7, 11) is 1.82. The van der Waals surface area contributed by atoms with Crippen LogP contribution in [0.1, 0.15) is 42.3 Å². The summed E-state index contributed by atoms with van der Waals surface area (Å²) in [5.41, 5.74) is 1.77. The van der Waals surface area contributed by atoms with Crippen molar-refractivity contribution in [1.29, 1.82) is 0 Å². The lowest BCUT2D eigenvalue weighted by Gasteiger charge is -2.23. The van der Waals surface area contributed by atoms with Crippen LogP contribution in [0.3, 0.4) is 0 Å². The molecule has 0 radical (unpaired) electrons. The van der Waals surface area contributed by atoms with Crippen LogP contribution < -0.4 is 10.6 Å². The number of urea groups is 1. The van der Waals surface area contributed by atoms with Crippen molar-refractivity contribution in [3.8, 4) is 0 Å². The van der Waals surface area contributed by atoms with Gasteiger partial charge in [-0.25, -0.2) is 4.79 Å². The molecule has 0 spiro atoms. The van der Waals surface area contributed by atoms with Gasteiger partial charge in [0, 0.05) is 24.8 Å². The fourth-order valence-corrected chi connectivity index (χ4v) is 2.60. The van der Waals surface area contributed by atoms with Crippen molar-refractivity contribution in [2.45, 2.75) is 39.5 Å². The van der Waals surface area contributed by atoms with E-state index in [9.17, 15) is 18.0 Å². The zero-order valence-corrected chi connectivity index (χ0v) is 15.2. The van der Waals surface area contributed by atoms with Crippen molar-refractivity contribution in [2.24, 2.45) is 13.0 Å². The number of alkyl halides is 3. The quantitative estimate of drug-likeness (QED) is 0.840. The summed E-state index contributed by atoms with van der Waals surface area (Å²) >= 11 is 0. The maximum Gasteiger partial charge on any atom is 0.416 e. The number of carbonyl (C=O) groups is 1. The first-order valence-electron chi connectivity index (χ1n) is 8.28. The van der Waals surface area contributed by atoms with E-state index in [1.165, 1.54) is 12.1 Å². The molecule has 8 heteroatoms. The monoisotopic (exact) mass is 368 g/mol. The summed E-state index contributed by atoms with van der Waals surface area (Å²) in [6.07, 6.45) is -2.69. The van der Waals surface area contributed by atoms with Gasteiger partial charge in [-0.05, 0) is 30.5 Å². The number of aromatic nitrogens is 2. The van der Waals surface area contributed by atoms with E-state index in [0.29, 0.717) is 12.1 Å². The van der Waals surface area contributed by atoms with Crippen molar-refractivity contribution in [3.05, 3.63) is 52.8 Å². The molecule has 0 aliphatic heterocycles. The minimum absolute atomic E-state index is 0.0117. The van der Waals surface area contributed by atoms with Gasteiger partial charge < -0.3 is 10.6 Å². The second-order valence-electron chi connectivity index (χ2n) is 6.55. The van der Waals surface area contributed by atoms with E-state index in [0.717, 1.165) is 23.4 Å². The molecule has 5 nitrogen and oxygen atoms in total. The molecular weight excluding hydrogens is 345 g/mol. The average molecular weight is 368 g/mol. The van der Waals surface area contributed by atoms with E-state index in [4.69, 9.17) is 0 Å². The van der Waals surface area contributed by atoms with Gasteiger partial charge in [0.05, 0.1) is 17.8 Å². The second-order valence-corrected chi connectivity index (χ2v) is 6.55. The van der Waals surface area contributed by atoms with Crippen molar-refractivity contribution in [2.75, 3.05) is 0 Å². The molecule has 26 heavy (non-hydrogen) atoms. The molecule has 2 rings (SSSR count). The van der Waals surface area contributed by atoms with Gasteiger partial charge in [-0.2, -0.15) is 18.3 Å². The maximum atomic E-state index is 12.7. The largest absolute Gasteiger partial charge is 0.416 e. The number of aryl methyl sites for hydroxylation is 1. The van der Waals surface area contributed by atoms with E-state index in [1.807, 2.05) is 27.8 Å². The van der Waals surface area contributed by atoms with Crippen molar-refractivity contribution < 1.29 is 18.0 Å². The van der Waals surface area contributed by atoms with Crippen LogP contribution in [0.2, 0.25) is 0 Å². The molecular formula is C18H23F3N4O. The minimum Gasteiger partial charge on any atom is -0.334 e. The van der Waals surface area contributed by atoms with Crippen LogP contribution in [0, 0.1) is 12.8 Å². The third-order valence-corrected chi connectivity index (χ3v) is 4.33. The van der Waals surface area contributed by atoms with Crippen LogP contribution in [0.15, 0.2) is 30.5 Å². The fraction of sp³-hybridized carbons (Fsp3) is 0.444. The van der Waals surface area contributed by atoms with Crippen LogP contribution in [0.25, 0.3) is 0 Å². The highest BCUT2D eigenvalue weighted by atomic mass is 19.4. The first-order chi connectivity index (χ1) is 12.1. The van der Waals surface area contributed by atoms with Gasteiger partial charge in [-0.3, -0.25) is 4.68 Å². The van der Waals surface area contributed by atoms with Crippen molar-refractivity contribution in [3.63, 3.8) is 0 Å². The van der Waals surface area contributed by atoms with Gasteiger partial charge in [0.15, 0.2) is 0 Å². The Morgan fingerprint density at radius 2 is 1.85 bits per heavy atom. The van der Waals surface area contributed by atoms with Gasteiger partial charge in [-0.1, -0.05) is 26.0 Å². The highest BCUT2D eigenvalue weighted by molar-refractivity contribution is 5.74. The molecule has 2 aromatic rings. The first kappa shape index (κ1) is 19.8. The Kier molecular flexibility index (Phi) is 5.94. The zero-order chi connectivity index (χ0) is 19.5. The molecule has 1 heterocycles. The Morgan fingerprint density at radius 3 is 2.31 bits per heavy atom. The van der Waals surface area contributed by atoms with Crippen LogP contribution >= 0.6 is 0 Å². The third-order valence-electron chi connectivity index (χ3n) is 4.33. The number of benzene rings is 1. The van der Waals surface area contributed by atoms with Crippen LogP contribution in [0.5, 0.6) is 0 Å². The summed E-state index contributed by atoms with van der Waals surface area (Å²) in [6, 6.07) is 4.09. The van der Waals surface area contributed by atoms with Gasteiger partial charge >= 0.3 is 12.2 Å². The lowest BCUT2D eigenvalue weighted by Crippen LogP contribution is -2.39. The first-order valence-corrected chi connectivity index (χ1v) is 8.28. The lowest BCUT2D eigenvalue weighted by molar-refractivity contribution is -0.137. The number of carbonyl (C=O) groups excluding carboxylic acids is 1. The fourth-order valence-electron chi connectivity index (χ4n) is 2.60. The summed E-state index contributed by atoms with van der Waals surface area (Å²) < 4.78 is 39.8. The Bertz CT molecular complexity index is 751. The molecule has 142 valence electrons. The van der Waals surface area contributed by atoms with E-state index >= 15 is 0 Å². The molecule has 1 aromatic heterocycles. The molecule has 2 N–H and O–H groups in total. The number of hydrogen-bond acceptors (Lipinski definition) is 2. The summed E-state index contributed by atoms with van der Waals surface area (Å²) in [6.45, 7) is 6.02. The van der Waals surface area contributed by atoms with Crippen LogP contribution in [-0.4, -0.2) is 15.8 Å². The molecule has 0 saturated heterocycles. The number of rotatable bonds is 5. The topological polar surface area (TPSA) is 59.0 Å². The molecule has 0 fully saturated rings. The molecule has 2 amide bonds. The molecule has 1 aromatic carbocycles. The normalized spacial score (nSPS) is 12.9. The molecule has 1 atom stereocenters. The van der Waals surface area contributed by atoms with Crippen molar-refractivity contribution >= 4 is 6.03 Å². The van der Waals surface area contributed by atoms with Crippen molar-refractivity contribution in [1.82, 2.24) is 20.4 Å². The van der Waals surface area contributed by atoms with Crippen LogP contribution in [0.4, 0.5) is 18.0 Å². The van der Waals surface area contributed by atoms with Gasteiger partial charge in [-0.15, -0.1) is 0 Å². The second kappa shape index (κ2) is 7.80. The smallest absolute Gasteiger partial charge is 0.334 e. The predicted octanol–water partition coefficient (Wildman–Crippen LogP) is 3.94. The molecule has 0 saturated carbocycles. The number of nitrogens with one attached hydrogen (secondary N) is 2. The number of halogens is 3. The maximum absolute atomic E-state index is 12.7. The highest BCUT2D eigenvalue weighted by Crippen LogP contribution is 2.31. The van der Waals surface area contributed by atoms with E-state index in [-0.39, 0.29) is 11.9 Å². The summed E-state index contributed by atoms with van der Waals surface area (Å²) in [5.74, 6) is 0.0117. The Morgan fingerprint density at radius 1 is 1.23 bits per heavy atom. The Hall–Kier alpha value is -2.51. The van der Waals surface area contributed by atoms with E-state index in [1.54, 1.807) is 10.9 Å². The van der Waals surface area contributed by atoms with Gasteiger partial charge in [0.1, 0.15) is 0 Å². The Labute approximate surface area is 150 Å². The molecule has 0 bridgehead atoms. The van der Waals surface area contributed by atoms with Gasteiger partial charge in [0.2, 0.25) is 0 Å². The number of hydrogen-bond donors (Lipinski definition) is 2. The van der Waals surface area contributed by atoms with Crippen LogP contribution in [-0.2, 0) is 19.8 Å². The summed E-state index contributed by atoms with van der Waals surface area (Å²) in [5, 5.41) is 9.70.